The summed E-state index contributed by atoms with van der Waals surface area (Å²) in [5.41, 5.74) is -0.719. The molecule has 0 radical (unpaired) electrons. The van der Waals surface area contributed by atoms with Gasteiger partial charge in [-0.1, -0.05) is 12.1 Å². The van der Waals surface area contributed by atoms with E-state index < -0.39 is 29.8 Å². The Morgan fingerprint density at radius 2 is 2.00 bits per heavy atom. The third-order valence-electron chi connectivity index (χ3n) is 4.39. The van der Waals surface area contributed by atoms with Crippen LogP contribution in [0.1, 0.15) is 27.2 Å². The Morgan fingerprint density at radius 1 is 1.25 bits per heavy atom. The highest BCUT2D eigenvalue weighted by atomic mass is 16.6. The van der Waals surface area contributed by atoms with Gasteiger partial charge in [-0.2, -0.15) is 0 Å². The average Bonchev–Trinajstić information content (AvgIpc) is 3.04. The third-order valence-corrected chi connectivity index (χ3v) is 4.39. The predicted molar refractivity (Wildman–Crippen MR) is 102 cm³/mol. The highest BCUT2D eigenvalue weighted by Crippen LogP contribution is 2.34. The molecule has 1 aliphatic rings. The second-order valence-corrected chi connectivity index (χ2v) is 7.64. The first-order valence-electron chi connectivity index (χ1n) is 9.00. The van der Waals surface area contributed by atoms with Gasteiger partial charge in [0.2, 0.25) is 5.88 Å². The number of carbonyl (C=O) groups is 2. The lowest BCUT2D eigenvalue weighted by molar-refractivity contribution is -0.142. The van der Waals surface area contributed by atoms with Crippen molar-refractivity contribution in [3.8, 4) is 11.6 Å². The van der Waals surface area contributed by atoms with Crippen LogP contribution in [-0.2, 0) is 9.53 Å². The van der Waals surface area contributed by atoms with Crippen molar-refractivity contribution >= 4 is 22.8 Å². The topological polar surface area (TPSA) is 98.2 Å². The summed E-state index contributed by atoms with van der Waals surface area (Å²) in [5, 5.41) is 11.1. The summed E-state index contributed by atoms with van der Waals surface area (Å²) in [6.45, 7) is 5.30. The second kappa shape index (κ2) is 7.53. The molecule has 2 aromatic rings. The summed E-state index contributed by atoms with van der Waals surface area (Å²) in [6, 6.07) is 6.40. The maximum absolute atomic E-state index is 12.4. The SMILES string of the molecule is COc1cccc2ccnc(O[C@@H]3C[C@@H](C(=O)O)N(C(=O)OC(C)(C)C)C3)c12. The van der Waals surface area contributed by atoms with Crippen LogP contribution in [0.2, 0.25) is 0 Å². The number of methoxy groups -OCH3 is 1. The van der Waals surface area contributed by atoms with Crippen LogP contribution in [0, 0.1) is 0 Å². The van der Waals surface area contributed by atoms with E-state index in [-0.39, 0.29) is 13.0 Å². The molecule has 0 spiro atoms. The minimum Gasteiger partial charge on any atom is -0.496 e. The molecule has 1 aromatic heterocycles. The molecular weight excluding hydrogens is 364 g/mol. The molecule has 2 heterocycles. The predicted octanol–water partition coefficient (Wildman–Crippen LogP) is 3.08. The van der Waals surface area contributed by atoms with Crippen LogP contribution >= 0.6 is 0 Å². The second-order valence-electron chi connectivity index (χ2n) is 7.64. The number of aliphatic carboxylic acids is 1. The summed E-state index contributed by atoms with van der Waals surface area (Å²) >= 11 is 0. The number of hydrogen-bond acceptors (Lipinski definition) is 6. The highest BCUT2D eigenvalue weighted by Gasteiger charge is 2.43. The number of fused-ring (bicyclic) bond motifs is 1. The number of rotatable bonds is 4. The zero-order chi connectivity index (χ0) is 20.5. The standard InChI is InChI=1S/C20H24N2O6/c1-20(2,3)28-19(25)22-11-13(10-14(22)18(23)24)27-17-16-12(8-9-21-17)6-5-7-15(16)26-4/h5-9,13-14H,10-11H2,1-4H3,(H,23,24)/t13-,14+/m1/s1. The molecule has 0 bridgehead atoms. The van der Waals surface area contributed by atoms with Crippen molar-refractivity contribution in [2.75, 3.05) is 13.7 Å². The van der Waals surface area contributed by atoms with E-state index >= 15 is 0 Å². The molecule has 1 amide bonds. The van der Waals surface area contributed by atoms with Gasteiger partial charge in [0.1, 0.15) is 23.5 Å². The molecule has 0 unspecified atom stereocenters. The van der Waals surface area contributed by atoms with Gasteiger partial charge in [0.15, 0.2) is 0 Å². The molecular formula is C20H24N2O6. The van der Waals surface area contributed by atoms with Crippen molar-refractivity contribution in [2.45, 2.75) is 44.9 Å². The molecule has 3 rings (SSSR count). The molecule has 28 heavy (non-hydrogen) atoms. The number of likely N-dealkylation sites (tertiary alicyclic amines) is 1. The van der Waals surface area contributed by atoms with Gasteiger partial charge in [-0.05, 0) is 38.3 Å². The normalized spacial score (nSPS) is 19.5. The Bertz CT molecular complexity index is 887. The molecule has 8 heteroatoms. The number of carboxylic acid groups (broad SMARTS) is 1. The van der Waals surface area contributed by atoms with E-state index in [0.717, 1.165) is 5.39 Å². The number of benzene rings is 1. The van der Waals surface area contributed by atoms with E-state index in [4.69, 9.17) is 14.2 Å². The summed E-state index contributed by atoms with van der Waals surface area (Å²) in [4.78, 5) is 29.6. The van der Waals surface area contributed by atoms with Gasteiger partial charge in [0.05, 0.1) is 19.0 Å². The van der Waals surface area contributed by atoms with E-state index in [2.05, 4.69) is 4.98 Å². The highest BCUT2D eigenvalue weighted by molar-refractivity contribution is 5.92. The molecule has 0 aliphatic carbocycles. The maximum atomic E-state index is 12.4. The molecule has 1 N–H and O–H groups in total. The van der Waals surface area contributed by atoms with E-state index in [1.54, 1.807) is 40.1 Å². The van der Waals surface area contributed by atoms with E-state index in [9.17, 15) is 14.7 Å². The summed E-state index contributed by atoms with van der Waals surface area (Å²) in [5.74, 6) is -0.145. The number of carboxylic acids is 1. The van der Waals surface area contributed by atoms with Crippen molar-refractivity contribution in [2.24, 2.45) is 0 Å². The van der Waals surface area contributed by atoms with Crippen molar-refractivity contribution in [3.63, 3.8) is 0 Å². The first-order valence-corrected chi connectivity index (χ1v) is 9.00. The summed E-state index contributed by atoms with van der Waals surface area (Å²) in [7, 11) is 1.56. The molecule has 2 atom stereocenters. The minimum atomic E-state index is -1.10. The van der Waals surface area contributed by atoms with E-state index in [1.165, 1.54) is 4.90 Å². The zero-order valence-electron chi connectivity index (χ0n) is 16.3. The van der Waals surface area contributed by atoms with Crippen LogP contribution < -0.4 is 9.47 Å². The quantitative estimate of drug-likeness (QED) is 0.859. The number of carbonyl (C=O) groups excluding carboxylic acids is 1. The van der Waals surface area contributed by atoms with Crippen LogP contribution in [0.3, 0.4) is 0 Å². The van der Waals surface area contributed by atoms with E-state index in [1.807, 2.05) is 18.2 Å². The van der Waals surface area contributed by atoms with Gasteiger partial charge in [-0.3, -0.25) is 4.90 Å². The van der Waals surface area contributed by atoms with Crippen molar-refractivity contribution in [1.82, 2.24) is 9.88 Å². The molecule has 8 nitrogen and oxygen atoms in total. The van der Waals surface area contributed by atoms with Crippen molar-refractivity contribution in [3.05, 3.63) is 30.5 Å². The first-order chi connectivity index (χ1) is 13.2. The van der Waals surface area contributed by atoms with Crippen molar-refractivity contribution < 1.29 is 28.9 Å². The monoisotopic (exact) mass is 388 g/mol. The largest absolute Gasteiger partial charge is 0.496 e. The smallest absolute Gasteiger partial charge is 0.411 e. The van der Waals surface area contributed by atoms with Gasteiger partial charge >= 0.3 is 12.1 Å². The first kappa shape index (κ1) is 19.7. The minimum absolute atomic E-state index is 0.0963. The molecule has 1 saturated heterocycles. The Balaban J connectivity index is 1.85. The summed E-state index contributed by atoms with van der Waals surface area (Å²) < 4.78 is 16.8. The van der Waals surface area contributed by atoms with E-state index in [0.29, 0.717) is 17.0 Å². The van der Waals surface area contributed by atoms with Gasteiger partial charge in [0.25, 0.3) is 0 Å². The van der Waals surface area contributed by atoms with Crippen LogP contribution in [0.25, 0.3) is 10.8 Å². The zero-order valence-corrected chi connectivity index (χ0v) is 16.3. The molecule has 1 fully saturated rings. The Kier molecular flexibility index (Phi) is 5.31. The summed E-state index contributed by atoms with van der Waals surface area (Å²) in [6.07, 6.45) is 0.555. The van der Waals surface area contributed by atoms with Crippen LogP contribution in [0.5, 0.6) is 11.6 Å². The van der Waals surface area contributed by atoms with Crippen LogP contribution in [-0.4, -0.2) is 58.5 Å². The van der Waals surface area contributed by atoms with Crippen molar-refractivity contribution in [1.29, 1.82) is 0 Å². The number of aromatic nitrogens is 1. The molecule has 0 saturated carbocycles. The van der Waals surface area contributed by atoms with Gasteiger partial charge < -0.3 is 19.3 Å². The fourth-order valence-corrected chi connectivity index (χ4v) is 3.22. The number of hydrogen-bond donors (Lipinski definition) is 1. The number of nitrogens with zero attached hydrogens (tertiary/aromatic N) is 2. The Morgan fingerprint density at radius 3 is 2.64 bits per heavy atom. The number of ether oxygens (including phenoxy) is 3. The van der Waals surface area contributed by atoms with Gasteiger partial charge in [-0.15, -0.1) is 0 Å². The van der Waals surface area contributed by atoms with Gasteiger partial charge in [0, 0.05) is 12.6 Å². The third kappa shape index (κ3) is 4.11. The molecule has 1 aromatic carbocycles. The van der Waals surface area contributed by atoms with Gasteiger partial charge in [-0.25, -0.2) is 14.6 Å². The lowest BCUT2D eigenvalue weighted by Gasteiger charge is -2.26. The lowest BCUT2D eigenvalue weighted by Crippen LogP contribution is -2.43. The number of pyridine rings is 1. The fourth-order valence-electron chi connectivity index (χ4n) is 3.22. The Labute approximate surface area is 163 Å². The Hall–Kier alpha value is -3.03. The van der Waals surface area contributed by atoms with Crippen LogP contribution in [0.15, 0.2) is 30.5 Å². The number of amides is 1. The lowest BCUT2D eigenvalue weighted by atomic mass is 10.1. The fraction of sp³-hybridized carbons (Fsp3) is 0.450. The average molecular weight is 388 g/mol. The maximum Gasteiger partial charge on any atom is 0.411 e. The van der Waals surface area contributed by atoms with Crippen LogP contribution in [0.4, 0.5) is 4.79 Å². The molecule has 1 aliphatic heterocycles. The molecule has 150 valence electrons.